The molecule has 0 N–H and O–H groups in total. The van der Waals surface area contributed by atoms with Gasteiger partial charge in [0.25, 0.3) is 5.88 Å². The summed E-state index contributed by atoms with van der Waals surface area (Å²) in [6.45, 7) is 0. The fraction of sp³-hybridized carbons (Fsp3) is 0. The Kier molecular flexibility index (Phi) is 3.96. The number of nitro benzene ring substituents is 1. The highest BCUT2D eigenvalue weighted by Gasteiger charge is 2.18. The van der Waals surface area contributed by atoms with E-state index in [0.717, 1.165) is 12.1 Å². The van der Waals surface area contributed by atoms with E-state index in [-0.39, 0.29) is 22.3 Å². The molecule has 98 valence electrons. The number of nitro groups is 1. The summed E-state index contributed by atoms with van der Waals surface area (Å²) in [5.74, 6) is -1.23. The van der Waals surface area contributed by atoms with Gasteiger partial charge in [-0.2, -0.15) is 0 Å². The van der Waals surface area contributed by atoms with E-state index in [4.69, 9.17) is 16.3 Å². The van der Waals surface area contributed by atoms with Crippen LogP contribution in [0.15, 0.2) is 34.9 Å². The van der Waals surface area contributed by atoms with Crippen LogP contribution in [0.2, 0.25) is 5.02 Å². The Morgan fingerprint density at radius 2 is 2.16 bits per heavy atom. The maximum Gasteiger partial charge on any atom is 0.313 e. The standard InChI is InChI=1S/C11H5BrClFN2O3/c12-6-3-8(14)11(15-5-6)19-10-2-1-7(13)4-9(10)16(17)18/h1-5H. The molecule has 0 aliphatic carbocycles. The lowest BCUT2D eigenvalue weighted by Gasteiger charge is -2.06. The van der Waals surface area contributed by atoms with Gasteiger partial charge in [-0.3, -0.25) is 10.1 Å². The first kappa shape index (κ1) is 13.7. The lowest BCUT2D eigenvalue weighted by atomic mass is 10.3. The van der Waals surface area contributed by atoms with Crippen molar-refractivity contribution in [3.05, 3.63) is 55.9 Å². The number of hydrogen-bond donors (Lipinski definition) is 0. The molecule has 2 rings (SSSR count). The SMILES string of the molecule is O=[N+]([O-])c1cc(Cl)ccc1Oc1ncc(Br)cc1F. The second-order valence-electron chi connectivity index (χ2n) is 3.41. The Morgan fingerprint density at radius 1 is 1.42 bits per heavy atom. The van der Waals surface area contributed by atoms with Crippen LogP contribution in [0.5, 0.6) is 11.6 Å². The van der Waals surface area contributed by atoms with Crippen LogP contribution in [0, 0.1) is 15.9 Å². The number of benzene rings is 1. The molecule has 0 aliphatic heterocycles. The second kappa shape index (κ2) is 5.50. The van der Waals surface area contributed by atoms with Crippen molar-refractivity contribution < 1.29 is 14.1 Å². The van der Waals surface area contributed by atoms with Crippen LogP contribution < -0.4 is 4.74 Å². The largest absolute Gasteiger partial charge is 0.429 e. The fourth-order valence-electron chi connectivity index (χ4n) is 1.30. The Hall–Kier alpha value is -1.73. The van der Waals surface area contributed by atoms with E-state index in [1.165, 1.54) is 18.3 Å². The summed E-state index contributed by atoms with van der Waals surface area (Å²) in [5.41, 5.74) is -0.364. The van der Waals surface area contributed by atoms with Crippen molar-refractivity contribution in [1.29, 1.82) is 0 Å². The molecule has 0 atom stereocenters. The van der Waals surface area contributed by atoms with E-state index in [1.54, 1.807) is 0 Å². The molecule has 5 nitrogen and oxygen atoms in total. The first-order valence-corrected chi connectivity index (χ1v) is 6.07. The van der Waals surface area contributed by atoms with Crippen LogP contribution in [-0.2, 0) is 0 Å². The van der Waals surface area contributed by atoms with E-state index in [0.29, 0.717) is 4.47 Å². The summed E-state index contributed by atoms with van der Waals surface area (Å²) >= 11 is 8.71. The maximum atomic E-state index is 13.5. The van der Waals surface area contributed by atoms with Crippen LogP contribution in [-0.4, -0.2) is 9.91 Å². The fourth-order valence-corrected chi connectivity index (χ4v) is 1.77. The normalized spacial score (nSPS) is 10.3. The molecule has 0 saturated carbocycles. The highest BCUT2D eigenvalue weighted by Crippen LogP contribution is 2.33. The Bertz CT molecular complexity index is 654. The second-order valence-corrected chi connectivity index (χ2v) is 4.76. The van der Waals surface area contributed by atoms with Gasteiger partial charge in [0.05, 0.1) is 4.92 Å². The van der Waals surface area contributed by atoms with Gasteiger partial charge >= 0.3 is 5.69 Å². The zero-order valence-electron chi connectivity index (χ0n) is 9.14. The molecule has 19 heavy (non-hydrogen) atoms. The molecule has 0 aliphatic rings. The Morgan fingerprint density at radius 3 is 2.79 bits per heavy atom. The molecule has 0 amide bonds. The Labute approximate surface area is 120 Å². The van der Waals surface area contributed by atoms with E-state index < -0.39 is 10.7 Å². The van der Waals surface area contributed by atoms with Crippen molar-refractivity contribution in [2.75, 3.05) is 0 Å². The lowest BCUT2D eigenvalue weighted by molar-refractivity contribution is -0.385. The third kappa shape index (κ3) is 3.18. The van der Waals surface area contributed by atoms with Gasteiger partial charge in [-0.05, 0) is 34.1 Å². The third-order valence-electron chi connectivity index (χ3n) is 2.10. The van der Waals surface area contributed by atoms with Gasteiger partial charge in [-0.25, -0.2) is 9.37 Å². The van der Waals surface area contributed by atoms with Crippen LogP contribution >= 0.6 is 27.5 Å². The van der Waals surface area contributed by atoms with E-state index in [1.807, 2.05) is 0 Å². The van der Waals surface area contributed by atoms with Gasteiger partial charge in [0.15, 0.2) is 5.82 Å². The van der Waals surface area contributed by atoms with Crippen LogP contribution in [0.25, 0.3) is 0 Å². The zero-order valence-corrected chi connectivity index (χ0v) is 11.5. The average molecular weight is 348 g/mol. The zero-order chi connectivity index (χ0) is 14.0. The maximum absolute atomic E-state index is 13.5. The van der Waals surface area contributed by atoms with Gasteiger partial charge < -0.3 is 4.74 Å². The number of hydrogen-bond acceptors (Lipinski definition) is 4. The van der Waals surface area contributed by atoms with Crippen molar-refractivity contribution in [2.45, 2.75) is 0 Å². The topological polar surface area (TPSA) is 65.3 Å². The van der Waals surface area contributed by atoms with Gasteiger partial charge in [0.2, 0.25) is 5.75 Å². The van der Waals surface area contributed by atoms with Crippen molar-refractivity contribution in [1.82, 2.24) is 4.98 Å². The minimum absolute atomic E-state index is 0.136. The van der Waals surface area contributed by atoms with Crippen molar-refractivity contribution >= 4 is 33.2 Å². The molecule has 0 fully saturated rings. The first-order chi connectivity index (χ1) is 8.97. The molecule has 1 heterocycles. The predicted octanol–water partition coefficient (Wildman–Crippen LogP) is 4.34. The minimum atomic E-state index is -0.737. The van der Waals surface area contributed by atoms with Gasteiger partial charge in [0, 0.05) is 21.8 Å². The molecular formula is C11H5BrClFN2O3. The summed E-state index contributed by atoms with van der Waals surface area (Å²) < 4.78 is 19.1. The molecule has 1 aromatic carbocycles. The number of halogens is 3. The summed E-state index contributed by atoms with van der Waals surface area (Å²) in [5, 5.41) is 11.0. The molecule has 0 unspecified atom stereocenters. The summed E-state index contributed by atoms with van der Waals surface area (Å²) in [4.78, 5) is 13.9. The number of aromatic nitrogens is 1. The quantitative estimate of drug-likeness (QED) is 0.612. The number of rotatable bonds is 3. The summed E-state index contributed by atoms with van der Waals surface area (Å²) in [6.07, 6.45) is 1.32. The molecule has 0 bridgehead atoms. The van der Waals surface area contributed by atoms with Crippen LogP contribution in [0.3, 0.4) is 0 Å². The molecule has 1 aromatic heterocycles. The lowest BCUT2D eigenvalue weighted by Crippen LogP contribution is -1.96. The molecule has 8 heteroatoms. The molecule has 0 saturated heterocycles. The van der Waals surface area contributed by atoms with Gasteiger partial charge in [-0.15, -0.1) is 0 Å². The highest BCUT2D eigenvalue weighted by molar-refractivity contribution is 9.10. The first-order valence-electron chi connectivity index (χ1n) is 4.90. The van der Waals surface area contributed by atoms with Crippen LogP contribution in [0.4, 0.5) is 10.1 Å². The third-order valence-corrected chi connectivity index (χ3v) is 2.77. The summed E-state index contributed by atoms with van der Waals surface area (Å²) in [7, 11) is 0. The summed E-state index contributed by atoms with van der Waals surface area (Å²) in [6, 6.07) is 4.95. The van der Waals surface area contributed by atoms with Crippen molar-refractivity contribution in [3.63, 3.8) is 0 Å². The highest BCUT2D eigenvalue weighted by atomic mass is 79.9. The van der Waals surface area contributed by atoms with Crippen LogP contribution in [0.1, 0.15) is 0 Å². The average Bonchev–Trinajstić information content (AvgIpc) is 2.34. The van der Waals surface area contributed by atoms with Crippen molar-refractivity contribution in [2.24, 2.45) is 0 Å². The smallest absolute Gasteiger partial charge is 0.313 e. The molecule has 0 spiro atoms. The minimum Gasteiger partial charge on any atom is -0.429 e. The number of nitrogens with zero attached hydrogens (tertiary/aromatic N) is 2. The number of pyridine rings is 1. The molecule has 0 radical (unpaired) electrons. The van der Waals surface area contributed by atoms with E-state index >= 15 is 0 Å². The predicted molar refractivity (Wildman–Crippen MR) is 70.1 cm³/mol. The van der Waals surface area contributed by atoms with E-state index in [9.17, 15) is 14.5 Å². The monoisotopic (exact) mass is 346 g/mol. The molecule has 2 aromatic rings. The Balaban J connectivity index is 2.40. The number of ether oxygens (including phenoxy) is 1. The van der Waals surface area contributed by atoms with Crippen molar-refractivity contribution in [3.8, 4) is 11.6 Å². The molecular weight excluding hydrogens is 342 g/mol. The van der Waals surface area contributed by atoms with Gasteiger partial charge in [-0.1, -0.05) is 11.6 Å². The van der Waals surface area contributed by atoms with E-state index in [2.05, 4.69) is 20.9 Å². The van der Waals surface area contributed by atoms with Gasteiger partial charge in [0.1, 0.15) is 0 Å².